The first kappa shape index (κ1) is 90.2. The summed E-state index contributed by atoms with van der Waals surface area (Å²) in [7, 11) is -9.94. The van der Waals surface area contributed by atoms with Crippen LogP contribution in [0.5, 0.6) is 0 Å². The van der Waals surface area contributed by atoms with E-state index in [1.54, 1.807) is 0 Å². The van der Waals surface area contributed by atoms with E-state index in [2.05, 4.69) is 113 Å². The summed E-state index contributed by atoms with van der Waals surface area (Å²) < 4.78 is 68.2. The molecule has 0 radical (unpaired) electrons. The van der Waals surface area contributed by atoms with Gasteiger partial charge in [-0.15, -0.1) is 0 Å². The van der Waals surface area contributed by atoms with Crippen molar-refractivity contribution in [3.05, 3.63) is 85.1 Å². The third-order valence-corrected chi connectivity index (χ3v) is 17.2. The Bertz CT molecular complexity index is 2120. The van der Waals surface area contributed by atoms with Crippen LogP contribution in [0, 0.1) is 0 Å². The van der Waals surface area contributed by atoms with E-state index in [4.69, 9.17) is 37.0 Å². The number of phosphoric ester groups is 2. The fourth-order valence-corrected chi connectivity index (χ4v) is 11.3. The zero-order chi connectivity index (χ0) is 69.0. The molecule has 3 N–H and O–H groups in total. The Balaban J connectivity index is 5.33. The van der Waals surface area contributed by atoms with Crippen molar-refractivity contribution in [2.24, 2.45) is 0 Å². The predicted molar refractivity (Wildman–Crippen MR) is 381 cm³/mol. The van der Waals surface area contributed by atoms with Crippen molar-refractivity contribution in [3.8, 4) is 0 Å². The summed E-state index contributed by atoms with van der Waals surface area (Å²) >= 11 is 0. The SMILES string of the molecule is CC/C=C\C/C=C\C/C=C\C/C=C\C/C=C\CCCCCC(=O)OCC(COP(=O)(O)OCC(O)COP(=O)(O)OCC(COC(=O)CCCCCCC/C=C\CCCC)OC(=O)CCCCCCCCCCCCC)OC(=O)CCCCCCC/C=C\CCCCCC. The molecular formula is C75H132O17P2. The highest BCUT2D eigenvalue weighted by Gasteiger charge is 2.30. The lowest BCUT2D eigenvalue weighted by Crippen LogP contribution is -2.30. The van der Waals surface area contributed by atoms with Crippen LogP contribution >= 0.6 is 15.6 Å². The van der Waals surface area contributed by atoms with Gasteiger partial charge in [-0.25, -0.2) is 9.13 Å². The molecule has 0 amide bonds. The monoisotopic (exact) mass is 1370 g/mol. The minimum absolute atomic E-state index is 0.0782. The lowest BCUT2D eigenvalue weighted by atomic mass is 10.1. The Labute approximate surface area is 570 Å². The highest BCUT2D eigenvalue weighted by Crippen LogP contribution is 2.45. The Morgan fingerprint density at radius 1 is 0.309 bits per heavy atom. The third-order valence-electron chi connectivity index (χ3n) is 15.3. The third kappa shape index (κ3) is 66.8. The van der Waals surface area contributed by atoms with Gasteiger partial charge in [0.15, 0.2) is 12.2 Å². The van der Waals surface area contributed by atoms with Gasteiger partial charge in [-0.3, -0.25) is 37.3 Å². The van der Waals surface area contributed by atoms with E-state index in [0.717, 1.165) is 154 Å². The minimum Gasteiger partial charge on any atom is -0.462 e. The molecule has 0 rings (SSSR count). The number of allylic oxidation sites excluding steroid dienone is 14. The maximum atomic E-state index is 13.0. The van der Waals surface area contributed by atoms with Crippen LogP contribution in [0.2, 0.25) is 0 Å². The van der Waals surface area contributed by atoms with Gasteiger partial charge in [-0.1, -0.05) is 254 Å². The molecule has 0 aliphatic rings. The Morgan fingerprint density at radius 3 is 0.915 bits per heavy atom. The van der Waals surface area contributed by atoms with E-state index in [-0.39, 0.29) is 25.7 Å². The molecule has 0 spiro atoms. The number of carbonyl (C=O) groups is 4. The predicted octanol–water partition coefficient (Wildman–Crippen LogP) is 20.7. The van der Waals surface area contributed by atoms with Crippen molar-refractivity contribution < 1.29 is 80.2 Å². The van der Waals surface area contributed by atoms with Crippen molar-refractivity contribution >= 4 is 39.5 Å². The van der Waals surface area contributed by atoms with E-state index in [0.29, 0.717) is 25.7 Å². The first-order valence-electron chi connectivity index (χ1n) is 36.8. The number of hydrogen-bond donors (Lipinski definition) is 3. The molecule has 0 fully saturated rings. The molecule has 5 unspecified atom stereocenters. The van der Waals surface area contributed by atoms with Crippen molar-refractivity contribution in [1.29, 1.82) is 0 Å². The first-order valence-corrected chi connectivity index (χ1v) is 39.8. The highest BCUT2D eigenvalue weighted by molar-refractivity contribution is 7.47. The molecule has 5 atom stereocenters. The van der Waals surface area contributed by atoms with E-state index < -0.39 is 97.5 Å². The molecule has 0 aliphatic heterocycles. The lowest BCUT2D eigenvalue weighted by molar-refractivity contribution is -0.161. The fourth-order valence-electron chi connectivity index (χ4n) is 9.69. The molecule has 94 heavy (non-hydrogen) atoms. The van der Waals surface area contributed by atoms with Crippen LogP contribution < -0.4 is 0 Å². The number of aliphatic hydroxyl groups is 1. The molecule has 0 saturated heterocycles. The number of ether oxygens (including phenoxy) is 4. The molecule has 0 aromatic carbocycles. The molecule has 0 saturated carbocycles. The summed E-state index contributed by atoms with van der Waals surface area (Å²) in [5.74, 6) is -2.22. The van der Waals surface area contributed by atoms with Gasteiger partial charge in [0.05, 0.1) is 26.4 Å². The molecule has 19 heteroatoms. The molecule has 544 valence electrons. The second kappa shape index (κ2) is 67.8. The zero-order valence-electron chi connectivity index (χ0n) is 59.1. The molecular weight excluding hydrogens is 1230 g/mol. The standard InChI is InChI=1S/C75H132O17P2/c1-5-9-13-17-21-25-29-31-32-33-34-35-36-38-41-44-48-52-56-60-73(78)86-66-71(92-75(80)62-58-54-50-46-42-37-30-26-22-18-14-10-6-2)68-90-94(83,84)88-64-69(76)63-87-93(81,82)89-67-70(91-74(79)61-57-53-49-45-40-28-24-20-16-12-8-4)65-85-72(77)59-55-51-47-43-39-27-23-19-15-11-7-3/h9,13,19,21,23,25-26,30-32,34-35,38,41,69-71,76H,5-8,10-12,14-18,20,22,24,27-29,33,36-37,39-40,42-68H2,1-4H3,(H,81,82)(H,83,84)/b13-9-,23-19-,25-21-,30-26-,32-31-,35-34-,41-38-. The quantitative estimate of drug-likeness (QED) is 0.0169. The average Bonchev–Trinajstić information content (AvgIpc) is 1.73. The van der Waals surface area contributed by atoms with E-state index in [9.17, 15) is 43.2 Å². The van der Waals surface area contributed by atoms with Crippen molar-refractivity contribution in [2.75, 3.05) is 39.6 Å². The second-order valence-electron chi connectivity index (χ2n) is 24.5. The number of hydrogen-bond acceptors (Lipinski definition) is 15. The van der Waals surface area contributed by atoms with Crippen LogP contribution in [-0.4, -0.2) is 96.7 Å². The van der Waals surface area contributed by atoms with Crippen LogP contribution in [0.25, 0.3) is 0 Å². The summed E-state index contributed by atoms with van der Waals surface area (Å²) in [4.78, 5) is 72.6. The van der Waals surface area contributed by atoms with Crippen molar-refractivity contribution in [2.45, 2.75) is 329 Å². The molecule has 17 nitrogen and oxygen atoms in total. The van der Waals surface area contributed by atoms with Crippen LogP contribution in [0.4, 0.5) is 0 Å². The summed E-state index contributed by atoms with van der Waals surface area (Å²) in [5.41, 5.74) is 0. The number of phosphoric acid groups is 2. The first-order chi connectivity index (χ1) is 45.7. The topological polar surface area (TPSA) is 237 Å². The minimum atomic E-state index is -4.98. The number of rotatable bonds is 69. The molecule has 0 aromatic rings. The summed E-state index contributed by atoms with van der Waals surface area (Å²) in [6, 6.07) is 0. The van der Waals surface area contributed by atoms with Crippen molar-refractivity contribution in [1.82, 2.24) is 0 Å². The smallest absolute Gasteiger partial charge is 0.462 e. The second-order valence-corrected chi connectivity index (χ2v) is 27.4. The molecule has 0 heterocycles. The van der Waals surface area contributed by atoms with Gasteiger partial charge in [-0.05, 0) is 116 Å². The van der Waals surface area contributed by atoms with E-state index >= 15 is 0 Å². The highest BCUT2D eigenvalue weighted by atomic mass is 31.2. The molecule has 0 bridgehead atoms. The summed E-state index contributed by atoms with van der Waals surface area (Å²) in [6.45, 7) is 4.65. The van der Waals surface area contributed by atoms with E-state index in [1.165, 1.54) is 77.0 Å². The van der Waals surface area contributed by atoms with E-state index in [1.807, 2.05) is 0 Å². The van der Waals surface area contributed by atoms with Crippen LogP contribution in [0.1, 0.15) is 310 Å². The molecule has 0 aliphatic carbocycles. The van der Waals surface area contributed by atoms with Crippen LogP contribution in [0.3, 0.4) is 0 Å². The van der Waals surface area contributed by atoms with Crippen LogP contribution in [0.15, 0.2) is 85.1 Å². The maximum absolute atomic E-state index is 13.0. The fraction of sp³-hybridized carbons (Fsp3) is 0.760. The van der Waals surface area contributed by atoms with Gasteiger partial charge in [0.2, 0.25) is 0 Å². The number of carbonyl (C=O) groups excluding carboxylic acids is 4. The summed E-state index contributed by atoms with van der Waals surface area (Å²) in [5, 5.41) is 10.6. The van der Waals surface area contributed by atoms with Gasteiger partial charge >= 0.3 is 39.5 Å². The van der Waals surface area contributed by atoms with Gasteiger partial charge in [0, 0.05) is 25.7 Å². The Hall–Kier alpha value is -3.76. The van der Waals surface area contributed by atoms with Gasteiger partial charge in [0.25, 0.3) is 0 Å². The van der Waals surface area contributed by atoms with Crippen LogP contribution in [-0.2, 0) is 65.4 Å². The largest absolute Gasteiger partial charge is 0.472 e. The number of esters is 4. The lowest BCUT2D eigenvalue weighted by Gasteiger charge is -2.21. The van der Waals surface area contributed by atoms with Gasteiger partial charge in [0.1, 0.15) is 19.3 Å². The van der Waals surface area contributed by atoms with Gasteiger partial charge < -0.3 is 33.8 Å². The number of aliphatic hydroxyl groups excluding tert-OH is 1. The Morgan fingerprint density at radius 2 is 0.564 bits per heavy atom. The van der Waals surface area contributed by atoms with Crippen molar-refractivity contribution in [3.63, 3.8) is 0 Å². The maximum Gasteiger partial charge on any atom is 0.472 e. The molecule has 0 aromatic heterocycles. The van der Waals surface area contributed by atoms with Gasteiger partial charge in [-0.2, -0.15) is 0 Å². The average molecular weight is 1370 g/mol. The Kier molecular flexibility index (Phi) is 65.1. The zero-order valence-corrected chi connectivity index (χ0v) is 60.9. The number of unbranched alkanes of at least 4 members (excludes halogenated alkanes) is 29. The normalized spacial score (nSPS) is 14.5. The summed E-state index contributed by atoms with van der Waals surface area (Å²) in [6.07, 6.45) is 67.3.